The molecule has 4 nitrogen and oxygen atoms in total. The van der Waals surface area contributed by atoms with Crippen molar-refractivity contribution in [3.63, 3.8) is 0 Å². The third-order valence-electron chi connectivity index (χ3n) is 4.32. The van der Waals surface area contributed by atoms with Gasteiger partial charge in [0.1, 0.15) is 0 Å². The van der Waals surface area contributed by atoms with Crippen molar-refractivity contribution in [3.8, 4) is 0 Å². The van der Waals surface area contributed by atoms with E-state index in [0.717, 1.165) is 24.9 Å². The van der Waals surface area contributed by atoms with E-state index in [0.29, 0.717) is 18.1 Å². The molecule has 0 aromatic rings. The quantitative estimate of drug-likeness (QED) is 0.771. The molecule has 2 saturated carbocycles. The smallest absolute Gasteiger partial charge is 0.153 e. The summed E-state index contributed by atoms with van der Waals surface area (Å²) in [6, 6.07) is 0.995. The second kappa shape index (κ2) is 5.10. The summed E-state index contributed by atoms with van der Waals surface area (Å²) in [7, 11) is -2.78. The third kappa shape index (κ3) is 3.68. The average molecular weight is 272 g/mol. The Kier molecular flexibility index (Phi) is 3.65. The molecule has 3 fully saturated rings. The fraction of sp³-hybridized carbons (Fsp3) is 1.00. The molecule has 3 aliphatic rings. The zero-order valence-electron chi connectivity index (χ0n) is 11.0. The minimum atomic E-state index is -2.78. The Labute approximate surface area is 110 Å². The highest BCUT2D eigenvalue weighted by Gasteiger charge is 2.34. The van der Waals surface area contributed by atoms with Gasteiger partial charge in [0.2, 0.25) is 0 Å². The lowest BCUT2D eigenvalue weighted by atomic mass is 10.2. The van der Waals surface area contributed by atoms with E-state index in [9.17, 15) is 8.42 Å². The molecule has 1 saturated heterocycles. The van der Waals surface area contributed by atoms with Crippen LogP contribution in [0.1, 0.15) is 32.1 Å². The van der Waals surface area contributed by atoms with Gasteiger partial charge in [-0.25, -0.2) is 8.42 Å². The van der Waals surface area contributed by atoms with Crippen LogP contribution >= 0.6 is 0 Å². The Morgan fingerprint density at radius 2 is 1.94 bits per heavy atom. The molecular weight excluding hydrogens is 248 g/mol. The van der Waals surface area contributed by atoms with Crippen LogP contribution in [0.25, 0.3) is 0 Å². The maximum Gasteiger partial charge on any atom is 0.153 e. The van der Waals surface area contributed by atoms with E-state index in [4.69, 9.17) is 0 Å². The molecule has 5 heteroatoms. The SMILES string of the molecule is O=S1(=O)CCNC(CCN(CC2CC2)C2CC2)C1. The van der Waals surface area contributed by atoms with E-state index in [-0.39, 0.29) is 6.04 Å². The van der Waals surface area contributed by atoms with Crippen LogP contribution in [-0.4, -0.2) is 56.5 Å². The number of rotatable bonds is 6. The van der Waals surface area contributed by atoms with Crippen molar-refractivity contribution in [1.82, 2.24) is 10.2 Å². The van der Waals surface area contributed by atoms with Crippen LogP contribution in [0.3, 0.4) is 0 Å². The second-order valence-corrected chi connectivity index (χ2v) is 8.45. The molecule has 0 amide bonds. The van der Waals surface area contributed by atoms with Crippen LogP contribution in [0, 0.1) is 5.92 Å². The van der Waals surface area contributed by atoms with Gasteiger partial charge in [0, 0.05) is 25.2 Å². The molecule has 0 radical (unpaired) electrons. The first-order valence-electron chi connectivity index (χ1n) is 7.30. The van der Waals surface area contributed by atoms with Crippen LogP contribution in [0.2, 0.25) is 0 Å². The highest BCUT2D eigenvalue weighted by atomic mass is 32.2. The molecule has 1 aliphatic heterocycles. The van der Waals surface area contributed by atoms with Crippen LogP contribution in [0.4, 0.5) is 0 Å². The van der Waals surface area contributed by atoms with Gasteiger partial charge in [0.25, 0.3) is 0 Å². The lowest BCUT2D eigenvalue weighted by Gasteiger charge is -2.28. The molecule has 0 bridgehead atoms. The Morgan fingerprint density at radius 1 is 1.17 bits per heavy atom. The van der Waals surface area contributed by atoms with Crippen LogP contribution in [-0.2, 0) is 9.84 Å². The van der Waals surface area contributed by atoms with Crippen LogP contribution in [0.15, 0.2) is 0 Å². The maximum absolute atomic E-state index is 11.6. The molecular formula is C13H24N2O2S. The van der Waals surface area contributed by atoms with Gasteiger partial charge in [0.05, 0.1) is 11.5 Å². The molecule has 0 spiro atoms. The van der Waals surface area contributed by atoms with E-state index >= 15 is 0 Å². The molecule has 1 N–H and O–H groups in total. The van der Waals surface area contributed by atoms with E-state index in [1.165, 1.54) is 32.2 Å². The molecule has 18 heavy (non-hydrogen) atoms. The lowest BCUT2D eigenvalue weighted by Crippen LogP contribution is -2.46. The number of sulfone groups is 1. The number of nitrogens with zero attached hydrogens (tertiary/aromatic N) is 1. The lowest BCUT2D eigenvalue weighted by molar-refractivity contribution is 0.239. The predicted octanol–water partition coefficient (Wildman–Crippen LogP) is 0.638. The molecule has 0 aromatic heterocycles. The minimum Gasteiger partial charge on any atom is -0.312 e. The van der Waals surface area contributed by atoms with Crippen molar-refractivity contribution in [1.29, 1.82) is 0 Å². The van der Waals surface area contributed by atoms with Gasteiger partial charge in [-0.1, -0.05) is 0 Å². The monoisotopic (exact) mass is 272 g/mol. The Morgan fingerprint density at radius 3 is 2.56 bits per heavy atom. The van der Waals surface area contributed by atoms with Crippen molar-refractivity contribution >= 4 is 9.84 Å². The van der Waals surface area contributed by atoms with Gasteiger partial charge < -0.3 is 10.2 Å². The number of nitrogens with one attached hydrogen (secondary N) is 1. The topological polar surface area (TPSA) is 49.4 Å². The summed E-state index contributed by atoms with van der Waals surface area (Å²) in [5, 5.41) is 3.35. The van der Waals surface area contributed by atoms with Crippen molar-refractivity contribution in [3.05, 3.63) is 0 Å². The standard InChI is InChI=1S/C13H24N2O2S/c16-18(17)8-6-14-12(10-18)5-7-15(13-3-4-13)9-11-1-2-11/h11-14H,1-10H2. The molecule has 1 atom stereocenters. The first-order valence-corrected chi connectivity index (χ1v) is 9.12. The van der Waals surface area contributed by atoms with Gasteiger partial charge >= 0.3 is 0 Å². The van der Waals surface area contributed by atoms with Gasteiger partial charge in [0.15, 0.2) is 9.84 Å². The van der Waals surface area contributed by atoms with Gasteiger partial charge in [-0.3, -0.25) is 0 Å². The van der Waals surface area contributed by atoms with Gasteiger partial charge in [-0.15, -0.1) is 0 Å². The summed E-state index contributed by atoms with van der Waals surface area (Å²) >= 11 is 0. The summed E-state index contributed by atoms with van der Waals surface area (Å²) in [4.78, 5) is 2.61. The first-order chi connectivity index (χ1) is 8.62. The summed E-state index contributed by atoms with van der Waals surface area (Å²) in [5.41, 5.74) is 0. The zero-order valence-corrected chi connectivity index (χ0v) is 11.8. The summed E-state index contributed by atoms with van der Waals surface area (Å²) in [6.45, 7) is 2.97. The minimum absolute atomic E-state index is 0.184. The maximum atomic E-state index is 11.6. The predicted molar refractivity (Wildman–Crippen MR) is 72.4 cm³/mol. The van der Waals surface area contributed by atoms with Crippen LogP contribution in [0.5, 0.6) is 0 Å². The normalized spacial score (nSPS) is 31.7. The van der Waals surface area contributed by atoms with Gasteiger partial charge in [-0.05, 0) is 44.6 Å². The van der Waals surface area contributed by atoms with E-state index in [1.54, 1.807) is 0 Å². The molecule has 1 unspecified atom stereocenters. The zero-order chi connectivity index (χ0) is 12.6. The third-order valence-corrected chi connectivity index (χ3v) is 6.06. The Hall–Kier alpha value is -0.130. The highest BCUT2D eigenvalue weighted by Crippen LogP contribution is 2.34. The largest absolute Gasteiger partial charge is 0.312 e. The fourth-order valence-corrected chi connectivity index (χ4v) is 4.36. The Bertz CT molecular complexity index is 388. The number of hydrogen-bond donors (Lipinski definition) is 1. The van der Waals surface area contributed by atoms with Crippen molar-refractivity contribution in [2.75, 3.05) is 31.1 Å². The number of hydrogen-bond acceptors (Lipinski definition) is 4. The highest BCUT2D eigenvalue weighted by molar-refractivity contribution is 7.91. The summed E-state index contributed by atoms with van der Waals surface area (Å²) < 4.78 is 23.2. The van der Waals surface area contributed by atoms with Crippen molar-refractivity contribution in [2.45, 2.75) is 44.2 Å². The molecule has 3 rings (SSSR count). The second-order valence-electron chi connectivity index (χ2n) is 6.22. The Balaban J connectivity index is 1.46. The molecule has 104 valence electrons. The molecule has 0 aromatic carbocycles. The average Bonchev–Trinajstić information content (AvgIpc) is 3.13. The van der Waals surface area contributed by atoms with Crippen LogP contribution < -0.4 is 5.32 Å². The molecule has 2 aliphatic carbocycles. The van der Waals surface area contributed by atoms with E-state index in [2.05, 4.69) is 10.2 Å². The first kappa shape index (κ1) is 12.9. The van der Waals surface area contributed by atoms with Crippen molar-refractivity contribution in [2.24, 2.45) is 5.92 Å². The summed E-state index contributed by atoms with van der Waals surface area (Å²) in [6.07, 6.45) is 6.49. The van der Waals surface area contributed by atoms with Gasteiger partial charge in [-0.2, -0.15) is 0 Å². The van der Waals surface area contributed by atoms with Crippen molar-refractivity contribution < 1.29 is 8.42 Å². The summed E-state index contributed by atoms with van der Waals surface area (Å²) in [5.74, 6) is 1.60. The molecule has 1 heterocycles. The fourth-order valence-electron chi connectivity index (χ4n) is 2.87. The van der Waals surface area contributed by atoms with E-state index < -0.39 is 9.84 Å². The van der Waals surface area contributed by atoms with E-state index in [1.807, 2.05) is 0 Å².